The maximum absolute atomic E-state index is 9.91. The molecule has 1 heterocycles. The first-order valence-corrected chi connectivity index (χ1v) is 6.95. The minimum absolute atomic E-state index is 0.353. The molecule has 3 nitrogen and oxygen atoms in total. The number of aryl methyl sites for hydroxylation is 1. The lowest BCUT2D eigenvalue weighted by molar-refractivity contribution is 0.171. The van der Waals surface area contributed by atoms with E-state index in [1.54, 1.807) is 11.3 Å². The summed E-state index contributed by atoms with van der Waals surface area (Å²) in [6, 6.07) is 10.0. The number of benzene rings is 1. The van der Waals surface area contributed by atoms with Gasteiger partial charge in [0.25, 0.3) is 0 Å². The SMILES string of the molecule is Cc1csc(CNCC(O)Cc2ccccc2)n1. The summed E-state index contributed by atoms with van der Waals surface area (Å²) in [6.45, 7) is 3.31. The number of aromatic nitrogens is 1. The van der Waals surface area contributed by atoms with Gasteiger partial charge in [-0.25, -0.2) is 4.98 Å². The van der Waals surface area contributed by atoms with Crippen LogP contribution in [-0.2, 0) is 13.0 Å². The second-order valence-corrected chi connectivity index (χ2v) is 5.30. The molecule has 0 amide bonds. The first-order chi connectivity index (χ1) is 8.74. The van der Waals surface area contributed by atoms with Crippen molar-refractivity contribution in [2.45, 2.75) is 26.0 Å². The Morgan fingerprint density at radius 2 is 2.11 bits per heavy atom. The van der Waals surface area contributed by atoms with Gasteiger partial charge in [0.1, 0.15) is 5.01 Å². The van der Waals surface area contributed by atoms with E-state index in [9.17, 15) is 5.11 Å². The number of nitrogens with one attached hydrogen (secondary N) is 1. The van der Waals surface area contributed by atoms with Crippen LogP contribution in [0.1, 0.15) is 16.3 Å². The Balaban J connectivity index is 1.70. The van der Waals surface area contributed by atoms with Crippen LogP contribution in [0.3, 0.4) is 0 Å². The van der Waals surface area contributed by atoms with Crippen molar-refractivity contribution in [3.05, 3.63) is 52.0 Å². The summed E-state index contributed by atoms with van der Waals surface area (Å²) in [6.07, 6.45) is 0.332. The van der Waals surface area contributed by atoms with Crippen LogP contribution in [0.25, 0.3) is 0 Å². The molecule has 1 aromatic heterocycles. The lowest BCUT2D eigenvalue weighted by atomic mass is 10.1. The molecule has 0 fully saturated rings. The third kappa shape index (κ3) is 4.22. The first-order valence-electron chi connectivity index (χ1n) is 6.08. The Morgan fingerprint density at radius 1 is 1.33 bits per heavy atom. The molecule has 0 spiro atoms. The molecule has 18 heavy (non-hydrogen) atoms. The second kappa shape index (κ2) is 6.64. The smallest absolute Gasteiger partial charge is 0.107 e. The molecule has 0 saturated carbocycles. The number of aliphatic hydroxyl groups is 1. The van der Waals surface area contributed by atoms with E-state index in [-0.39, 0.29) is 6.10 Å². The molecule has 2 aromatic rings. The second-order valence-electron chi connectivity index (χ2n) is 4.36. The van der Waals surface area contributed by atoms with E-state index in [0.29, 0.717) is 13.0 Å². The zero-order chi connectivity index (χ0) is 12.8. The number of hydrogen-bond donors (Lipinski definition) is 2. The molecule has 0 radical (unpaired) electrons. The fourth-order valence-corrected chi connectivity index (χ4v) is 2.53. The van der Waals surface area contributed by atoms with Gasteiger partial charge >= 0.3 is 0 Å². The van der Waals surface area contributed by atoms with E-state index in [4.69, 9.17) is 0 Å². The van der Waals surface area contributed by atoms with Gasteiger partial charge in [-0.15, -0.1) is 11.3 Å². The van der Waals surface area contributed by atoms with Crippen molar-refractivity contribution in [3.63, 3.8) is 0 Å². The number of thiazole rings is 1. The van der Waals surface area contributed by atoms with Gasteiger partial charge in [0, 0.05) is 24.2 Å². The topological polar surface area (TPSA) is 45.1 Å². The monoisotopic (exact) mass is 262 g/mol. The van der Waals surface area contributed by atoms with Gasteiger partial charge in [0.2, 0.25) is 0 Å². The van der Waals surface area contributed by atoms with Crippen LogP contribution >= 0.6 is 11.3 Å². The van der Waals surface area contributed by atoms with Gasteiger partial charge in [-0.2, -0.15) is 0 Å². The summed E-state index contributed by atoms with van der Waals surface area (Å²) in [5.74, 6) is 0. The molecule has 96 valence electrons. The molecule has 0 bridgehead atoms. The maximum atomic E-state index is 9.91. The van der Waals surface area contributed by atoms with E-state index in [2.05, 4.69) is 10.3 Å². The zero-order valence-corrected chi connectivity index (χ0v) is 11.3. The van der Waals surface area contributed by atoms with Crippen molar-refractivity contribution in [1.82, 2.24) is 10.3 Å². The third-order valence-corrected chi connectivity index (χ3v) is 3.60. The average Bonchev–Trinajstić information content (AvgIpc) is 2.76. The van der Waals surface area contributed by atoms with Crippen LogP contribution < -0.4 is 5.32 Å². The predicted molar refractivity (Wildman–Crippen MR) is 74.7 cm³/mol. The summed E-state index contributed by atoms with van der Waals surface area (Å²) in [4.78, 5) is 4.37. The Morgan fingerprint density at radius 3 is 2.78 bits per heavy atom. The van der Waals surface area contributed by atoms with E-state index >= 15 is 0 Å². The molecule has 2 N–H and O–H groups in total. The van der Waals surface area contributed by atoms with Crippen LogP contribution in [0.4, 0.5) is 0 Å². The standard InChI is InChI=1S/C14H18N2OS/c1-11-10-18-14(16-11)9-15-8-13(17)7-12-5-3-2-4-6-12/h2-6,10,13,15,17H,7-9H2,1H3. The van der Waals surface area contributed by atoms with Crippen LogP contribution in [-0.4, -0.2) is 22.7 Å². The summed E-state index contributed by atoms with van der Waals surface area (Å²) < 4.78 is 0. The average molecular weight is 262 g/mol. The summed E-state index contributed by atoms with van der Waals surface area (Å²) >= 11 is 1.65. The highest BCUT2D eigenvalue weighted by Crippen LogP contribution is 2.08. The van der Waals surface area contributed by atoms with Gasteiger partial charge in [-0.05, 0) is 18.9 Å². The predicted octanol–water partition coefficient (Wildman–Crippen LogP) is 2.14. The highest BCUT2D eigenvalue weighted by atomic mass is 32.1. The molecule has 1 atom stereocenters. The lowest BCUT2D eigenvalue weighted by Gasteiger charge is -2.11. The highest BCUT2D eigenvalue weighted by Gasteiger charge is 2.05. The molecule has 0 aliphatic rings. The molecular weight excluding hydrogens is 244 g/mol. The molecule has 4 heteroatoms. The summed E-state index contributed by atoms with van der Waals surface area (Å²) in [5.41, 5.74) is 2.22. The molecule has 0 aliphatic heterocycles. The lowest BCUT2D eigenvalue weighted by Crippen LogP contribution is -2.28. The first kappa shape index (κ1) is 13.2. The molecule has 2 rings (SSSR count). The Kier molecular flexibility index (Phi) is 4.87. The van der Waals surface area contributed by atoms with Gasteiger partial charge in [0.05, 0.1) is 6.10 Å². The van der Waals surface area contributed by atoms with E-state index in [1.165, 1.54) is 0 Å². The van der Waals surface area contributed by atoms with Crippen LogP contribution in [0.2, 0.25) is 0 Å². The number of aliphatic hydroxyl groups excluding tert-OH is 1. The normalized spacial score (nSPS) is 12.6. The van der Waals surface area contributed by atoms with Gasteiger partial charge in [-0.3, -0.25) is 0 Å². The molecule has 1 unspecified atom stereocenters. The quantitative estimate of drug-likeness (QED) is 0.838. The van der Waals surface area contributed by atoms with Gasteiger partial charge in [0.15, 0.2) is 0 Å². The zero-order valence-electron chi connectivity index (χ0n) is 10.5. The Labute approximate surface area is 112 Å². The Hall–Kier alpha value is -1.23. The van der Waals surface area contributed by atoms with E-state index in [0.717, 1.165) is 22.8 Å². The van der Waals surface area contributed by atoms with Crippen molar-refractivity contribution < 1.29 is 5.11 Å². The third-order valence-electron chi connectivity index (χ3n) is 2.64. The van der Waals surface area contributed by atoms with Crippen LogP contribution in [0.5, 0.6) is 0 Å². The molecule has 0 aliphatic carbocycles. The van der Waals surface area contributed by atoms with Gasteiger partial charge in [-0.1, -0.05) is 30.3 Å². The largest absolute Gasteiger partial charge is 0.391 e. The van der Waals surface area contributed by atoms with Crippen molar-refractivity contribution in [1.29, 1.82) is 0 Å². The maximum Gasteiger partial charge on any atom is 0.107 e. The van der Waals surface area contributed by atoms with Crippen molar-refractivity contribution in [2.75, 3.05) is 6.54 Å². The van der Waals surface area contributed by atoms with Crippen molar-refractivity contribution in [3.8, 4) is 0 Å². The van der Waals surface area contributed by atoms with Crippen molar-refractivity contribution in [2.24, 2.45) is 0 Å². The molecule has 0 saturated heterocycles. The number of hydrogen-bond acceptors (Lipinski definition) is 4. The minimum Gasteiger partial charge on any atom is -0.391 e. The molecule has 1 aromatic carbocycles. The Bertz CT molecular complexity index is 470. The summed E-state index contributed by atoms with van der Waals surface area (Å²) in [5, 5.41) is 16.2. The minimum atomic E-state index is -0.353. The molecular formula is C14H18N2OS. The number of rotatable bonds is 6. The van der Waals surface area contributed by atoms with Gasteiger partial charge < -0.3 is 10.4 Å². The van der Waals surface area contributed by atoms with E-state index in [1.807, 2.05) is 42.6 Å². The fourth-order valence-electron chi connectivity index (χ4n) is 1.79. The summed E-state index contributed by atoms with van der Waals surface area (Å²) in [7, 11) is 0. The van der Waals surface area contributed by atoms with Crippen LogP contribution in [0.15, 0.2) is 35.7 Å². The number of nitrogens with zero attached hydrogens (tertiary/aromatic N) is 1. The fraction of sp³-hybridized carbons (Fsp3) is 0.357. The van der Waals surface area contributed by atoms with Crippen molar-refractivity contribution >= 4 is 11.3 Å². The van der Waals surface area contributed by atoms with Crippen LogP contribution in [0, 0.1) is 6.92 Å². The highest BCUT2D eigenvalue weighted by molar-refractivity contribution is 7.09. The van der Waals surface area contributed by atoms with E-state index < -0.39 is 0 Å².